The van der Waals surface area contributed by atoms with Crippen molar-refractivity contribution in [3.05, 3.63) is 74.0 Å². The zero-order valence-electron chi connectivity index (χ0n) is 11.2. The van der Waals surface area contributed by atoms with Gasteiger partial charge in [0.1, 0.15) is 5.82 Å². The number of nitrogens with zero attached hydrogens (tertiary/aromatic N) is 1. The van der Waals surface area contributed by atoms with E-state index in [1.807, 2.05) is 6.07 Å². The lowest BCUT2D eigenvalue weighted by Gasteiger charge is -2.06. The van der Waals surface area contributed by atoms with Gasteiger partial charge in [-0.05, 0) is 42.8 Å². The number of benzene rings is 2. The van der Waals surface area contributed by atoms with Gasteiger partial charge in [-0.1, -0.05) is 28.1 Å². The summed E-state index contributed by atoms with van der Waals surface area (Å²) in [6.07, 6.45) is 0.669. The highest BCUT2D eigenvalue weighted by atomic mass is 79.9. The fraction of sp³-hybridized carbons (Fsp3) is 0.200. The van der Waals surface area contributed by atoms with E-state index >= 15 is 0 Å². The van der Waals surface area contributed by atoms with Gasteiger partial charge >= 0.3 is 0 Å². The summed E-state index contributed by atoms with van der Waals surface area (Å²) in [7, 11) is 0. The van der Waals surface area contributed by atoms with Crippen molar-refractivity contribution < 1.29 is 9.31 Å². The molecule has 6 heteroatoms. The summed E-state index contributed by atoms with van der Waals surface area (Å²) in [5.41, 5.74) is 1.61. The van der Waals surface area contributed by atoms with Crippen LogP contribution in [-0.2, 0) is 13.0 Å². The highest BCUT2D eigenvalue weighted by Gasteiger charge is 2.13. The minimum absolute atomic E-state index is 0.0858. The first-order chi connectivity index (χ1) is 10.1. The molecule has 0 aromatic heterocycles. The molecular weight excluding hydrogens is 339 g/mol. The van der Waals surface area contributed by atoms with Crippen LogP contribution in [-0.4, -0.2) is 11.5 Å². The summed E-state index contributed by atoms with van der Waals surface area (Å²) in [5, 5.41) is 14.1. The van der Waals surface area contributed by atoms with Crippen molar-refractivity contribution in [1.29, 1.82) is 0 Å². The number of rotatable bonds is 6. The second-order valence-electron chi connectivity index (χ2n) is 4.59. The van der Waals surface area contributed by atoms with Gasteiger partial charge in [-0.25, -0.2) is 4.39 Å². The Bertz CT molecular complexity index is 649. The lowest BCUT2D eigenvalue weighted by Crippen LogP contribution is -2.17. The Kier molecular flexibility index (Phi) is 5.41. The summed E-state index contributed by atoms with van der Waals surface area (Å²) in [4.78, 5) is 10.6. The highest BCUT2D eigenvalue weighted by molar-refractivity contribution is 9.10. The lowest BCUT2D eigenvalue weighted by molar-refractivity contribution is -0.385. The number of nitro benzene ring substituents is 1. The molecule has 0 heterocycles. The van der Waals surface area contributed by atoms with Crippen LogP contribution in [0.2, 0.25) is 0 Å². The van der Waals surface area contributed by atoms with Gasteiger partial charge < -0.3 is 5.32 Å². The number of hydrogen-bond acceptors (Lipinski definition) is 3. The molecule has 0 radical (unpaired) electrons. The third-order valence-electron chi connectivity index (χ3n) is 3.04. The lowest BCUT2D eigenvalue weighted by atomic mass is 10.1. The molecule has 2 rings (SSSR count). The summed E-state index contributed by atoms with van der Waals surface area (Å²) in [6, 6.07) is 11.4. The first-order valence-electron chi connectivity index (χ1n) is 6.44. The predicted octanol–water partition coefficient (Wildman–Crippen LogP) is 3.83. The van der Waals surface area contributed by atoms with Crippen LogP contribution in [0.3, 0.4) is 0 Å². The van der Waals surface area contributed by atoms with Gasteiger partial charge in [0.15, 0.2) is 0 Å². The zero-order valence-corrected chi connectivity index (χ0v) is 12.8. The number of halogens is 2. The van der Waals surface area contributed by atoms with Crippen LogP contribution in [0.1, 0.15) is 11.1 Å². The topological polar surface area (TPSA) is 55.2 Å². The van der Waals surface area contributed by atoms with Gasteiger partial charge in [-0.2, -0.15) is 0 Å². The number of nitrogens with one attached hydrogen (secondary N) is 1. The third-order valence-corrected chi connectivity index (χ3v) is 3.53. The van der Waals surface area contributed by atoms with Crippen LogP contribution in [0.25, 0.3) is 0 Å². The molecule has 0 bridgehead atoms. The second kappa shape index (κ2) is 7.28. The Labute approximate surface area is 130 Å². The first-order valence-corrected chi connectivity index (χ1v) is 7.23. The van der Waals surface area contributed by atoms with Gasteiger partial charge in [0.25, 0.3) is 5.69 Å². The molecule has 0 fully saturated rings. The number of nitro groups is 1. The number of hydrogen-bond donors (Lipinski definition) is 1. The monoisotopic (exact) mass is 352 g/mol. The first kappa shape index (κ1) is 15.6. The molecule has 110 valence electrons. The van der Waals surface area contributed by atoms with Crippen molar-refractivity contribution in [2.75, 3.05) is 6.54 Å². The molecule has 0 atom stereocenters. The summed E-state index contributed by atoms with van der Waals surface area (Å²) in [5.74, 6) is -0.254. The van der Waals surface area contributed by atoms with Crippen molar-refractivity contribution in [3.8, 4) is 0 Å². The van der Waals surface area contributed by atoms with E-state index in [1.165, 1.54) is 18.2 Å². The van der Waals surface area contributed by atoms with Crippen molar-refractivity contribution in [2.45, 2.75) is 13.0 Å². The molecule has 0 aliphatic rings. The fourth-order valence-corrected chi connectivity index (χ4v) is 2.35. The Balaban J connectivity index is 1.90. The third kappa shape index (κ3) is 4.61. The van der Waals surface area contributed by atoms with E-state index in [0.717, 1.165) is 5.56 Å². The van der Waals surface area contributed by atoms with Crippen LogP contribution in [0.5, 0.6) is 0 Å². The van der Waals surface area contributed by atoms with Crippen molar-refractivity contribution >= 4 is 21.6 Å². The largest absolute Gasteiger partial charge is 0.312 e. The molecule has 0 saturated carbocycles. The molecule has 0 aliphatic heterocycles. The fourth-order valence-electron chi connectivity index (χ4n) is 2.00. The summed E-state index contributed by atoms with van der Waals surface area (Å²) >= 11 is 3.22. The van der Waals surface area contributed by atoms with Gasteiger partial charge in [0, 0.05) is 22.6 Å². The Morgan fingerprint density at radius 1 is 1.24 bits per heavy atom. The van der Waals surface area contributed by atoms with E-state index in [0.29, 0.717) is 29.5 Å². The van der Waals surface area contributed by atoms with Crippen molar-refractivity contribution in [2.24, 2.45) is 0 Å². The van der Waals surface area contributed by atoms with Crippen LogP contribution < -0.4 is 5.32 Å². The maximum absolute atomic E-state index is 13.0. The average molecular weight is 353 g/mol. The maximum atomic E-state index is 13.0. The molecule has 0 saturated heterocycles. The van der Waals surface area contributed by atoms with E-state index in [9.17, 15) is 14.5 Å². The molecule has 0 amide bonds. The van der Waals surface area contributed by atoms with E-state index in [4.69, 9.17) is 0 Å². The molecular formula is C15H14BrFN2O2. The molecule has 1 N–H and O–H groups in total. The van der Waals surface area contributed by atoms with Crippen LogP contribution >= 0.6 is 15.9 Å². The Hall–Kier alpha value is -1.79. The van der Waals surface area contributed by atoms with Crippen molar-refractivity contribution in [1.82, 2.24) is 5.32 Å². The second-order valence-corrected chi connectivity index (χ2v) is 5.50. The van der Waals surface area contributed by atoms with E-state index in [-0.39, 0.29) is 11.5 Å². The van der Waals surface area contributed by atoms with Gasteiger partial charge in [-0.15, -0.1) is 0 Å². The molecule has 21 heavy (non-hydrogen) atoms. The Morgan fingerprint density at radius 2 is 2.05 bits per heavy atom. The van der Waals surface area contributed by atoms with Gasteiger partial charge in [-0.3, -0.25) is 10.1 Å². The standard InChI is InChI=1S/C15H14BrFN2O2/c16-13-5-4-12(15(9-13)19(20)21)10-18-7-6-11-2-1-3-14(17)8-11/h1-5,8-9,18H,6-7,10H2. The molecule has 4 nitrogen and oxygen atoms in total. The van der Waals surface area contributed by atoms with Gasteiger partial charge in [0.05, 0.1) is 4.92 Å². The normalized spacial score (nSPS) is 10.6. The van der Waals surface area contributed by atoms with Crippen molar-refractivity contribution in [3.63, 3.8) is 0 Å². The van der Waals surface area contributed by atoms with Crippen LogP contribution in [0, 0.1) is 15.9 Å². The molecule has 0 aliphatic carbocycles. The maximum Gasteiger partial charge on any atom is 0.275 e. The predicted molar refractivity (Wildman–Crippen MR) is 82.6 cm³/mol. The minimum atomic E-state index is -0.394. The summed E-state index contributed by atoms with van der Waals surface area (Å²) in [6.45, 7) is 1.02. The zero-order chi connectivity index (χ0) is 15.2. The molecule has 2 aromatic carbocycles. The quantitative estimate of drug-likeness (QED) is 0.488. The highest BCUT2D eigenvalue weighted by Crippen LogP contribution is 2.23. The van der Waals surface area contributed by atoms with Crippen LogP contribution in [0.4, 0.5) is 10.1 Å². The van der Waals surface area contributed by atoms with E-state index < -0.39 is 4.92 Å². The van der Waals surface area contributed by atoms with E-state index in [1.54, 1.807) is 18.2 Å². The van der Waals surface area contributed by atoms with Gasteiger partial charge in [0.2, 0.25) is 0 Å². The summed E-state index contributed by atoms with van der Waals surface area (Å²) < 4.78 is 13.7. The molecule has 2 aromatic rings. The average Bonchev–Trinajstić information content (AvgIpc) is 2.44. The molecule has 0 unspecified atom stereocenters. The minimum Gasteiger partial charge on any atom is -0.312 e. The smallest absolute Gasteiger partial charge is 0.275 e. The Morgan fingerprint density at radius 3 is 2.76 bits per heavy atom. The van der Waals surface area contributed by atoms with E-state index in [2.05, 4.69) is 21.2 Å². The molecule has 0 spiro atoms. The SMILES string of the molecule is O=[N+]([O-])c1cc(Br)ccc1CNCCc1cccc(F)c1. The van der Waals surface area contributed by atoms with Crippen LogP contribution in [0.15, 0.2) is 46.9 Å².